The lowest BCUT2D eigenvalue weighted by Gasteiger charge is -2.03. The number of hydrogen-bond acceptors (Lipinski definition) is 5. The Morgan fingerprint density at radius 3 is 2.94 bits per heavy atom. The van der Waals surface area contributed by atoms with Crippen molar-refractivity contribution in [3.05, 3.63) is 28.7 Å². The van der Waals surface area contributed by atoms with Crippen molar-refractivity contribution in [1.29, 1.82) is 0 Å². The Morgan fingerprint density at radius 1 is 1.56 bits per heavy atom. The molecule has 0 spiro atoms. The molecule has 0 saturated heterocycles. The molecule has 6 nitrogen and oxygen atoms in total. The van der Waals surface area contributed by atoms with Crippen LogP contribution < -0.4 is 10.6 Å². The number of rotatable bonds is 8. The third-order valence-corrected chi connectivity index (χ3v) is 2.91. The number of carboxylic acid groups (broad SMARTS) is 1. The smallest absolute Gasteiger partial charge is 0.355 e. The number of nitrogens with one attached hydrogen (secondary N) is 2. The summed E-state index contributed by atoms with van der Waals surface area (Å²) in [5.41, 5.74) is 0.0500. The number of aromatic carboxylic acids is 1. The zero-order valence-electron chi connectivity index (χ0n) is 9.81. The molecule has 0 aromatic carbocycles. The Hall–Kier alpha value is -1.73. The van der Waals surface area contributed by atoms with Gasteiger partial charge in [-0.05, 0) is 0 Å². The minimum atomic E-state index is -1.03. The quantitative estimate of drug-likeness (QED) is 0.465. The highest BCUT2D eigenvalue weighted by Gasteiger charge is 2.08. The molecule has 1 amide bonds. The van der Waals surface area contributed by atoms with Gasteiger partial charge in [0, 0.05) is 24.9 Å². The summed E-state index contributed by atoms with van der Waals surface area (Å²) in [5.74, 6) is -1.14. The van der Waals surface area contributed by atoms with Crippen molar-refractivity contribution in [3.8, 4) is 0 Å². The molecular weight excluding hydrogens is 254 g/mol. The lowest BCUT2D eigenvalue weighted by atomic mass is 10.4. The molecule has 0 aliphatic rings. The summed E-state index contributed by atoms with van der Waals surface area (Å²) in [6.45, 7) is 4.80. The third-order valence-electron chi connectivity index (χ3n) is 2.01. The van der Waals surface area contributed by atoms with Crippen molar-refractivity contribution in [2.45, 2.75) is 6.42 Å². The van der Waals surface area contributed by atoms with Gasteiger partial charge >= 0.3 is 5.97 Å². The molecule has 0 atom stereocenters. The zero-order valence-corrected chi connectivity index (χ0v) is 10.6. The Kier molecular flexibility index (Phi) is 6.03. The van der Waals surface area contributed by atoms with Crippen LogP contribution in [0, 0.1) is 0 Å². The van der Waals surface area contributed by atoms with E-state index in [-0.39, 0.29) is 18.1 Å². The van der Waals surface area contributed by atoms with Gasteiger partial charge in [0.15, 0.2) is 5.69 Å². The van der Waals surface area contributed by atoms with E-state index in [9.17, 15) is 9.59 Å². The molecule has 0 radical (unpaired) electrons. The largest absolute Gasteiger partial charge is 0.476 e. The van der Waals surface area contributed by atoms with Crippen molar-refractivity contribution in [2.24, 2.45) is 0 Å². The summed E-state index contributed by atoms with van der Waals surface area (Å²) < 4.78 is 0. The van der Waals surface area contributed by atoms with Gasteiger partial charge in [0.1, 0.15) is 0 Å². The van der Waals surface area contributed by atoms with Crippen molar-refractivity contribution in [3.63, 3.8) is 0 Å². The van der Waals surface area contributed by atoms with Gasteiger partial charge < -0.3 is 15.7 Å². The highest BCUT2D eigenvalue weighted by atomic mass is 32.1. The first-order valence-electron chi connectivity index (χ1n) is 5.39. The first-order valence-corrected chi connectivity index (χ1v) is 6.27. The summed E-state index contributed by atoms with van der Waals surface area (Å²) >= 11 is 1.28. The molecule has 1 aromatic heterocycles. The van der Waals surface area contributed by atoms with E-state index < -0.39 is 5.97 Å². The normalized spacial score (nSPS) is 10.0. The topological polar surface area (TPSA) is 91.3 Å². The van der Waals surface area contributed by atoms with E-state index in [1.165, 1.54) is 16.7 Å². The minimum absolute atomic E-state index is 0.0500. The molecule has 0 unspecified atom stereocenters. The van der Waals surface area contributed by atoms with E-state index in [2.05, 4.69) is 22.2 Å². The molecule has 98 valence electrons. The number of hydrogen-bond donors (Lipinski definition) is 3. The van der Waals surface area contributed by atoms with Gasteiger partial charge in [-0.25, -0.2) is 9.78 Å². The minimum Gasteiger partial charge on any atom is -0.476 e. The van der Waals surface area contributed by atoms with Gasteiger partial charge in [-0.2, -0.15) is 0 Å². The fourth-order valence-corrected chi connectivity index (χ4v) is 1.96. The predicted molar refractivity (Wildman–Crippen MR) is 68.9 cm³/mol. The Balaban J connectivity index is 2.22. The van der Waals surface area contributed by atoms with Crippen LogP contribution in [-0.2, 0) is 11.2 Å². The predicted octanol–water partition coefficient (Wildman–Crippen LogP) is 0.276. The molecule has 7 heteroatoms. The summed E-state index contributed by atoms with van der Waals surface area (Å²) in [6, 6.07) is 0. The van der Waals surface area contributed by atoms with E-state index in [1.807, 2.05) is 0 Å². The van der Waals surface area contributed by atoms with Crippen molar-refractivity contribution < 1.29 is 14.7 Å². The Morgan fingerprint density at radius 2 is 2.33 bits per heavy atom. The molecule has 0 saturated carbocycles. The molecule has 1 rings (SSSR count). The molecule has 0 fully saturated rings. The van der Waals surface area contributed by atoms with Gasteiger partial charge in [0.25, 0.3) is 0 Å². The van der Waals surface area contributed by atoms with Gasteiger partial charge in [-0.3, -0.25) is 4.79 Å². The number of aromatic nitrogens is 1. The lowest BCUT2D eigenvalue weighted by molar-refractivity contribution is -0.120. The maximum atomic E-state index is 11.3. The summed E-state index contributed by atoms with van der Waals surface area (Å²) in [7, 11) is 0. The molecule has 0 bridgehead atoms. The zero-order chi connectivity index (χ0) is 13.4. The number of carboxylic acids is 1. The Bertz CT molecular complexity index is 431. The second-order valence-corrected chi connectivity index (χ2v) is 4.39. The fraction of sp³-hybridized carbons (Fsp3) is 0.364. The van der Waals surface area contributed by atoms with Crippen LogP contribution in [0.4, 0.5) is 0 Å². The third kappa shape index (κ3) is 5.07. The molecule has 0 aliphatic carbocycles. The van der Waals surface area contributed by atoms with Gasteiger partial charge in [0.05, 0.1) is 11.6 Å². The average Bonchev–Trinajstić information content (AvgIpc) is 2.78. The number of nitrogens with zero attached hydrogens (tertiary/aromatic N) is 1. The number of carbonyl (C=O) groups excluding carboxylic acids is 1. The summed E-state index contributed by atoms with van der Waals surface area (Å²) in [5, 5.41) is 16.5. The summed E-state index contributed by atoms with van der Waals surface area (Å²) in [6.07, 6.45) is 2.21. The lowest BCUT2D eigenvalue weighted by Crippen LogP contribution is -2.34. The highest BCUT2D eigenvalue weighted by Crippen LogP contribution is 2.09. The van der Waals surface area contributed by atoms with Gasteiger partial charge in [-0.15, -0.1) is 17.9 Å². The number of amides is 1. The van der Waals surface area contributed by atoms with Crippen molar-refractivity contribution in [1.82, 2.24) is 15.6 Å². The second-order valence-electron chi connectivity index (χ2n) is 3.45. The van der Waals surface area contributed by atoms with Gasteiger partial charge in [0.2, 0.25) is 5.91 Å². The van der Waals surface area contributed by atoms with E-state index in [4.69, 9.17) is 5.11 Å². The van der Waals surface area contributed by atoms with E-state index in [1.54, 1.807) is 6.08 Å². The Labute approximate surface area is 109 Å². The van der Waals surface area contributed by atoms with Crippen LogP contribution in [0.3, 0.4) is 0 Å². The first-order chi connectivity index (χ1) is 8.63. The SMILES string of the molecule is C=CCNCC(=O)NCCc1nc(C(=O)O)cs1. The standard InChI is InChI=1S/C11H15N3O3S/c1-2-4-12-6-9(15)13-5-3-10-14-8(7-18-10)11(16)17/h2,7,12H,1,3-6H2,(H,13,15)(H,16,17). The highest BCUT2D eigenvalue weighted by molar-refractivity contribution is 7.09. The molecule has 3 N–H and O–H groups in total. The first kappa shape index (κ1) is 14.3. The fourth-order valence-electron chi connectivity index (χ4n) is 1.18. The van der Waals surface area contributed by atoms with Crippen LogP contribution in [0.2, 0.25) is 0 Å². The molecule has 1 aromatic rings. The second kappa shape index (κ2) is 7.57. The van der Waals surface area contributed by atoms with Crippen LogP contribution in [0.25, 0.3) is 0 Å². The van der Waals surface area contributed by atoms with Crippen molar-refractivity contribution in [2.75, 3.05) is 19.6 Å². The molecule has 0 aliphatic heterocycles. The maximum absolute atomic E-state index is 11.3. The monoisotopic (exact) mass is 269 g/mol. The molecular formula is C11H15N3O3S. The number of carbonyl (C=O) groups is 2. The van der Waals surface area contributed by atoms with Crippen LogP contribution in [0.15, 0.2) is 18.0 Å². The van der Waals surface area contributed by atoms with Crippen LogP contribution in [0.1, 0.15) is 15.5 Å². The van der Waals surface area contributed by atoms with Crippen molar-refractivity contribution >= 4 is 23.2 Å². The summed E-state index contributed by atoms with van der Waals surface area (Å²) in [4.78, 5) is 25.8. The van der Waals surface area contributed by atoms with Crippen LogP contribution in [0.5, 0.6) is 0 Å². The van der Waals surface area contributed by atoms with Crippen LogP contribution in [-0.4, -0.2) is 41.6 Å². The van der Waals surface area contributed by atoms with Gasteiger partial charge in [-0.1, -0.05) is 6.08 Å². The molecule has 1 heterocycles. The average molecular weight is 269 g/mol. The number of thiazole rings is 1. The maximum Gasteiger partial charge on any atom is 0.355 e. The molecule has 18 heavy (non-hydrogen) atoms. The van der Waals surface area contributed by atoms with E-state index in [0.29, 0.717) is 24.5 Å². The van der Waals surface area contributed by atoms with E-state index >= 15 is 0 Å². The van der Waals surface area contributed by atoms with E-state index in [0.717, 1.165) is 0 Å². The van der Waals surface area contributed by atoms with Crippen LogP contribution >= 0.6 is 11.3 Å².